The Bertz CT molecular complexity index is 248. The minimum absolute atomic E-state index is 0.00755. The number of thiocarbonyl (C=S) groups is 1. The van der Waals surface area contributed by atoms with E-state index in [4.69, 9.17) is 18.0 Å². The lowest BCUT2D eigenvalue weighted by molar-refractivity contribution is -0.124. The molecule has 1 amide bonds. The van der Waals surface area contributed by atoms with Gasteiger partial charge in [-0.15, -0.1) is 0 Å². The van der Waals surface area contributed by atoms with E-state index in [1.54, 1.807) is 0 Å². The smallest absolute Gasteiger partial charge is 0.233 e. The molecule has 0 aromatic heterocycles. The molecule has 1 aliphatic rings. The van der Waals surface area contributed by atoms with Crippen LogP contribution in [0.1, 0.15) is 12.8 Å². The molecule has 0 heterocycles. The van der Waals surface area contributed by atoms with E-state index in [0.717, 1.165) is 19.4 Å². The van der Waals surface area contributed by atoms with E-state index in [9.17, 15) is 4.79 Å². The van der Waals surface area contributed by atoms with Crippen molar-refractivity contribution in [3.8, 4) is 0 Å². The van der Waals surface area contributed by atoms with Gasteiger partial charge in [-0.25, -0.2) is 0 Å². The summed E-state index contributed by atoms with van der Waals surface area (Å²) in [6.07, 6.45) is 1.60. The molecule has 0 aromatic rings. The second-order valence-electron chi connectivity index (χ2n) is 4.01. The predicted octanol–water partition coefficient (Wildman–Crippen LogP) is -0.269. The molecule has 0 bridgehead atoms. The van der Waals surface area contributed by atoms with Crippen LogP contribution in [-0.4, -0.2) is 43.0 Å². The topological polar surface area (TPSA) is 58.4 Å². The summed E-state index contributed by atoms with van der Waals surface area (Å²) in [5.74, 6) is -0.00755. The number of carbonyl (C=O) groups excluding carboxylic acids is 1. The van der Waals surface area contributed by atoms with E-state index >= 15 is 0 Å². The highest BCUT2D eigenvalue weighted by molar-refractivity contribution is 7.80. The molecule has 0 atom stereocenters. The van der Waals surface area contributed by atoms with Gasteiger partial charge in [0.1, 0.15) is 0 Å². The van der Waals surface area contributed by atoms with Crippen LogP contribution in [0.2, 0.25) is 0 Å². The maximum atomic E-state index is 11.7. The Labute approximate surface area is 89.8 Å². The van der Waals surface area contributed by atoms with Crippen LogP contribution in [-0.2, 0) is 4.79 Å². The van der Waals surface area contributed by atoms with Crippen LogP contribution in [0, 0.1) is 5.41 Å². The molecular formula is C9H17N3OS. The van der Waals surface area contributed by atoms with Crippen molar-refractivity contribution in [2.45, 2.75) is 12.8 Å². The standard InChI is InChI=1S/C9H17N3OS/c1-12(2)6-5-11-8(13)9(3-4-9)7(10)14/h3-6H2,1-2H3,(H2,10,14)(H,11,13). The molecule has 4 nitrogen and oxygen atoms in total. The number of amides is 1. The van der Waals surface area contributed by atoms with Gasteiger partial charge >= 0.3 is 0 Å². The Kier molecular flexibility index (Phi) is 3.44. The maximum absolute atomic E-state index is 11.7. The Hall–Kier alpha value is -0.680. The van der Waals surface area contributed by atoms with Gasteiger partial charge in [-0.1, -0.05) is 12.2 Å². The lowest BCUT2D eigenvalue weighted by Gasteiger charge is -2.15. The first-order valence-electron chi connectivity index (χ1n) is 4.72. The van der Waals surface area contributed by atoms with E-state index in [2.05, 4.69) is 5.32 Å². The summed E-state index contributed by atoms with van der Waals surface area (Å²) in [5, 5.41) is 2.85. The average molecular weight is 215 g/mol. The Morgan fingerprint density at radius 3 is 2.50 bits per heavy atom. The van der Waals surface area contributed by atoms with Gasteiger partial charge in [0.2, 0.25) is 5.91 Å². The summed E-state index contributed by atoms with van der Waals surface area (Å²) in [4.78, 5) is 14.0. The van der Waals surface area contributed by atoms with Gasteiger partial charge < -0.3 is 16.0 Å². The van der Waals surface area contributed by atoms with Gasteiger partial charge in [-0.05, 0) is 26.9 Å². The molecule has 0 radical (unpaired) electrons. The molecule has 14 heavy (non-hydrogen) atoms. The monoisotopic (exact) mass is 215 g/mol. The molecule has 1 fully saturated rings. The van der Waals surface area contributed by atoms with Gasteiger partial charge in [-0.2, -0.15) is 0 Å². The number of rotatable bonds is 5. The summed E-state index contributed by atoms with van der Waals surface area (Å²) in [6, 6.07) is 0. The molecule has 1 rings (SSSR count). The van der Waals surface area contributed by atoms with Gasteiger partial charge in [0, 0.05) is 13.1 Å². The maximum Gasteiger partial charge on any atom is 0.233 e. The van der Waals surface area contributed by atoms with Crippen LogP contribution in [0.5, 0.6) is 0 Å². The minimum Gasteiger partial charge on any atom is -0.392 e. The highest BCUT2D eigenvalue weighted by Crippen LogP contribution is 2.46. The van der Waals surface area contributed by atoms with E-state index in [-0.39, 0.29) is 5.91 Å². The van der Waals surface area contributed by atoms with Crippen LogP contribution in [0.15, 0.2) is 0 Å². The Morgan fingerprint density at radius 1 is 1.57 bits per heavy atom. The number of carbonyl (C=O) groups is 1. The van der Waals surface area contributed by atoms with Crippen LogP contribution in [0.4, 0.5) is 0 Å². The first-order chi connectivity index (χ1) is 6.49. The first kappa shape index (κ1) is 11.4. The molecule has 3 N–H and O–H groups in total. The molecule has 1 saturated carbocycles. The molecule has 0 aromatic carbocycles. The van der Waals surface area contributed by atoms with Gasteiger partial charge in [0.05, 0.1) is 10.4 Å². The zero-order valence-corrected chi connectivity index (χ0v) is 9.49. The van der Waals surface area contributed by atoms with Crippen molar-refractivity contribution in [1.82, 2.24) is 10.2 Å². The number of hydrogen-bond acceptors (Lipinski definition) is 3. The van der Waals surface area contributed by atoms with Crippen molar-refractivity contribution >= 4 is 23.1 Å². The molecule has 0 aliphatic heterocycles. The van der Waals surface area contributed by atoms with E-state index in [1.165, 1.54) is 0 Å². The summed E-state index contributed by atoms with van der Waals surface area (Å²) < 4.78 is 0. The van der Waals surface area contributed by atoms with Crippen LogP contribution in [0.25, 0.3) is 0 Å². The Balaban J connectivity index is 2.32. The van der Waals surface area contributed by atoms with Gasteiger partial charge in [0.25, 0.3) is 0 Å². The first-order valence-corrected chi connectivity index (χ1v) is 5.13. The van der Waals surface area contributed by atoms with Crippen molar-refractivity contribution in [3.05, 3.63) is 0 Å². The predicted molar refractivity (Wildman–Crippen MR) is 60.0 cm³/mol. The molecule has 0 spiro atoms. The SMILES string of the molecule is CN(C)CCNC(=O)C1(C(N)=S)CC1. The second kappa shape index (κ2) is 4.23. The van der Waals surface area contributed by atoms with E-state index in [1.807, 2.05) is 19.0 Å². The zero-order valence-electron chi connectivity index (χ0n) is 8.67. The molecule has 5 heteroatoms. The lowest BCUT2D eigenvalue weighted by atomic mass is 10.1. The van der Waals surface area contributed by atoms with Crippen molar-refractivity contribution < 1.29 is 4.79 Å². The number of nitrogens with zero attached hydrogens (tertiary/aromatic N) is 1. The fourth-order valence-corrected chi connectivity index (χ4v) is 1.57. The average Bonchev–Trinajstić information content (AvgIpc) is 2.82. The number of likely N-dealkylation sites (N-methyl/N-ethyl adjacent to an activating group) is 1. The second-order valence-corrected chi connectivity index (χ2v) is 4.45. The van der Waals surface area contributed by atoms with E-state index < -0.39 is 5.41 Å². The van der Waals surface area contributed by atoms with E-state index in [0.29, 0.717) is 11.5 Å². The highest BCUT2D eigenvalue weighted by Gasteiger charge is 2.52. The third-order valence-corrected chi connectivity index (χ3v) is 2.89. The van der Waals surface area contributed by atoms with Crippen molar-refractivity contribution in [2.24, 2.45) is 11.1 Å². The molecule has 0 saturated heterocycles. The third kappa shape index (κ3) is 2.42. The minimum atomic E-state index is -0.512. The van der Waals surface area contributed by atoms with Crippen molar-refractivity contribution in [1.29, 1.82) is 0 Å². The largest absolute Gasteiger partial charge is 0.392 e. The summed E-state index contributed by atoms with van der Waals surface area (Å²) in [6.45, 7) is 1.48. The van der Waals surface area contributed by atoms with Gasteiger partial charge in [0.15, 0.2) is 0 Å². The Morgan fingerprint density at radius 2 is 2.14 bits per heavy atom. The number of nitrogens with one attached hydrogen (secondary N) is 1. The molecule has 1 aliphatic carbocycles. The molecule has 0 unspecified atom stereocenters. The van der Waals surface area contributed by atoms with Crippen LogP contribution < -0.4 is 11.1 Å². The van der Waals surface area contributed by atoms with Gasteiger partial charge in [-0.3, -0.25) is 4.79 Å². The molecule has 80 valence electrons. The number of hydrogen-bond donors (Lipinski definition) is 2. The zero-order chi connectivity index (χ0) is 10.8. The lowest BCUT2D eigenvalue weighted by Crippen LogP contribution is -2.41. The normalized spacial score (nSPS) is 17.9. The molecular weight excluding hydrogens is 198 g/mol. The summed E-state index contributed by atoms with van der Waals surface area (Å²) in [5.41, 5.74) is 5.01. The summed E-state index contributed by atoms with van der Waals surface area (Å²) >= 11 is 4.88. The quantitative estimate of drug-likeness (QED) is 0.620. The number of nitrogens with two attached hydrogens (primary N) is 1. The fraction of sp³-hybridized carbons (Fsp3) is 0.778. The fourth-order valence-electron chi connectivity index (χ4n) is 1.27. The van der Waals surface area contributed by atoms with Crippen LogP contribution in [0.3, 0.4) is 0 Å². The highest BCUT2D eigenvalue weighted by atomic mass is 32.1. The third-order valence-electron chi connectivity index (χ3n) is 2.50. The van der Waals surface area contributed by atoms with Crippen molar-refractivity contribution in [3.63, 3.8) is 0 Å². The van der Waals surface area contributed by atoms with Crippen LogP contribution >= 0.6 is 12.2 Å². The van der Waals surface area contributed by atoms with Crippen molar-refractivity contribution in [2.75, 3.05) is 27.2 Å². The summed E-state index contributed by atoms with van der Waals surface area (Å²) in [7, 11) is 3.93.